The second-order valence-electron chi connectivity index (χ2n) is 5.91. The molecule has 1 fully saturated rings. The highest BCUT2D eigenvalue weighted by molar-refractivity contribution is 5.59. The first-order chi connectivity index (χ1) is 11.1. The molecule has 0 unspecified atom stereocenters. The van der Waals surface area contributed by atoms with Crippen LogP contribution in [0.15, 0.2) is 30.3 Å². The molecule has 3 rings (SSSR count). The lowest BCUT2D eigenvalue weighted by Crippen LogP contribution is -2.46. The average molecular weight is 313 g/mol. The zero-order valence-electron chi connectivity index (χ0n) is 13.9. The maximum absolute atomic E-state index is 9.64. The van der Waals surface area contributed by atoms with E-state index in [2.05, 4.69) is 27.8 Å². The number of piperazine rings is 1. The van der Waals surface area contributed by atoms with Gasteiger partial charge in [-0.25, -0.2) is 4.98 Å². The van der Waals surface area contributed by atoms with E-state index >= 15 is 0 Å². The maximum atomic E-state index is 9.64. The minimum Gasteiger partial charge on any atom is -0.508 e. The number of methoxy groups -OCH3 is 1. The van der Waals surface area contributed by atoms with E-state index in [4.69, 9.17) is 4.74 Å². The monoisotopic (exact) mass is 313 g/mol. The van der Waals surface area contributed by atoms with Gasteiger partial charge in [0, 0.05) is 43.6 Å². The van der Waals surface area contributed by atoms with Gasteiger partial charge in [-0.3, -0.25) is 0 Å². The quantitative estimate of drug-likeness (QED) is 0.944. The first kappa shape index (κ1) is 15.5. The third-order valence-corrected chi connectivity index (χ3v) is 4.42. The van der Waals surface area contributed by atoms with Crippen molar-refractivity contribution in [2.45, 2.75) is 13.8 Å². The molecule has 5 nitrogen and oxygen atoms in total. The van der Waals surface area contributed by atoms with Gasteiger partial charge in [0.1, 0.15) is 11.4 Å². The lowest BCUT2D eigenvalue weighted by atomic mass is 10.1. The summed E-state index contributed by atoms with van der Waals surface area (Å²) in [5.41, 5.74) is 4.31. The molecular weight excluding hydrogens is 290 g/mol. The van der Waals surface area contributed by atoms with E-state index in [9.17, 15) is 5.11 Å². The predicted octanol–water partition coefficient (Wildman–Crippen LogP) is 2.74. The second-order valence-corrected chi connectivity index (χ2v) is 5.91. The third-order valence-electron chi connectivity index (χ3n) is 4.42. The molecule has 0 radical (unpaired) electrons. The number of hydrogen-bond donors (Lipinski definition) is 1. The Hall–Kier alpha value is -2.43. The van der Waals surface area contributed by atoms with Gasteiger partial charge in [0.2, 0.25) is 5.88 Å². The number of pyridine rings is 1. The second kappa shape index (κ2) is 6.36. The smallest absolute Gasteiger partial charge is 0.237 e. The zero-order valence-corrected chi connectivity index (χ0v) is 13.9. The predicted molar refractivity (Wildman–Crippen MR) is 92.8 cm³/mol. The van der Waals surface area contributed by atoms with Crippen LogP contribution in [0.3, 0.4) is 0 Å². The summed E-state index contributed by atoms with van der Waals surface area (Å²) in [6.07, 6.45) is 0. The molecule has 1 N–H and O–H groups in total. The summed E-state index contributed by atoms with van der Waals surface area (Å²) in [4.78, 5) is 9.15. The summed E-state index contributed by atoms with van der Waals surface area (Å²) in [6.45, 7) is 7.68. The summed E-state index contributed by atoms with van der Waals surface area (Å²) < 4.78 is 5.46. The van der Waals surface area contributed by atoms with Crippen LogP contribution in [0.2, 0.25) is 0 Å². The van der Waals surface area contributed by atoms with Crippen LogP contribution in [0.1, 0.15) is 11.3 Å². The molecule has 122 valence electrons. The number of benzene rings is 1. The van der Waals surface area contributed by atoms with E-state index in [0.29, 0.717) is 11.6 Å². The first-order valence-electron chi connectivity index (χ1n) is 7.89. The normalized spacial score (nSPS) is 14.9. The Morgan fingerprint density at radius 2 is 1.74 bits per heavy atom. The first-order valence-corrected chi connectivity index (χ1v) is 7.89. The molecule has 1 aliphatic rings. The number of ether oxygens (including phenoxy) is 1. The Labute approximate surface area is 137 Å². The van der Waals surface area contributed by atoms with Crippen molar-refractivity contribution >= 4 is 11.4 Å². The molecule has 0 spiro atoms. The topological polar surface area (TPSA) is 48.8 Å². The Morgan fingerprint density at radius 3 is 2.39 bits per heavy atom. The summed E-state index contributed by atoms with van der Waals surface area (Å²) in [6, 6.07) is 9.59. The van der Waals surface area contributed by atoms with E-state index in [0.717, 1.165) is 43.2 Å². The van der Waals surface area contributed by atoms with Crippen LogP contribution in [0.25, 0.3) is 0 Å². The summed E-state index contributed by atoms with van der Waals surface area (Å²) in [7, 11) is 1.67. The van der Waals surface area contributed by atoms with Gasteiger partial charge in [-0.2, -0.15) is 0 Å². The van der Waals surface area contributed by atoms with Gasteiger partial charge in [-0.05, 0) is 37.6 Å². The highest BCUT2D eigenvalue weighted by Crippen LogP contribution is 2.30. The molecule has 0 aliphatic carbocycles. The number of phenols is 1. The van der Waals surface area contributed by atoms with E-state index in [1.807, 2.05) is 25.1 Å². The Morgan fingerprint density at radius 1 is 1.04 bits per heavy atom. The van der Waals surface area contributed by atoms with Gasteiger partial charge in [-0.1, -0.05) is 6.07 Å². The van der Waals surface area contributed by atoms with Crippen molar-refractivity contribution in [2.24, 2.45) is 0 Å². The van der Waals surface area contributed by atoms with E-state index < -0.39 is 0 Å². The molecule has 2 heterocycles. The van der Waals surface area contributed by atoms with Crippen LogP contribution >= 0.6 is 0 Å². The van der Waals surface area contributed by atoms with Crippen molar-refractivity contribution in [3.8, 4) is 11.6 Å². The molecule has 1 aromatic carbocycles. The Kier molecular flexibility index (Phi) is 4.28. The SMILES string of the molecule is COc1nc(C)c(C)cc1N1CCN(c2cccc(O)c2)CC1. The fourth-order valence-corrected chi connectivity index (χ4v) is 2.94. The van der Waals surface area contributed by atoms with Crippen LogP contribution in [0.5, 0.6) is 11.6 Å². The largest absolute Gasteiger partial charge is 0.508 e. The summed E-state index contributed by atoms with van der Waals surface area (Å²) >= 11 is 0. The molecule has 0 bridgehead atoms. The molecule has 2 aromatic rings. The van der Waals surface area contributed by atoms with E-state index in [1.165, 1.54) is 5.56 Å². The molecule has 1 aliphatic heterocycles. The molecule has 0 amide bonds. The van der Waals surface area contributed by atoms with Crippen LogP contribution < -0.4 is 14.5 Å². The van der Waals surface area contributed by atoms with E-state index in [1.54, 1.807) is 13.2 Å². The molecule has 1 aromatic heterocycles. The van der Waals surface area contributed by atoms with E-state index in [-0.39, 0.29) is 0 Å². The molecule has 23 heavy (non-hydrogen) atoms. The van der Waals surface area contributed by atoms with Crippen molar-refractivity contribution in [1.82, 2.24) is 4.98 Å². The molecule has 1 saturated heterocycles. The highest BCUT2D eigenvalue weighted by Gasteiger charge is 2.21. The fraction of sp³-hybridized carbons (Fsp3) is 0.389. The van der Waals surface area contributed by atoms with Crippen molar-refractivity contribution in [3.63, 3.8) is 0 Å². The Balaban J connectivity index is 1.75. The van der Waals surface area contributed by atoms with Gasteiger partial charge in [0.25, 0.3) is 0 Å². The minimum absolute atomic E-state index is 0.310. The summed E-state index contributed by atoms with van der Waals surface area (Å²) in [5.74, 6) is 1.00. The molecule has 0 saturated carbocycles. The van der Waals surface area contributed by atoms with Gasteiger partial charge in [-0.15, -0.1) is 0 Å². The van der Waals surface area contributed by atoms with Gasteiger partial charge in [0.05, 0.1) is 7.11 Å². The number of anilines is 2. The lowest BCUT2D eigenvalue weighted by molar-refractivity contribution is 0.395. The molecular formula is C18H23N3O2. The molecule has 0 atom stereocenters. The van der Waals surface area contributed by atoms with Crippen LogP contribution in [-0.4, -0.2) is 43.4 Å². The van der Waals surface area contributed by atoms with Crippen molar-refractivity contribution in [3.05, 3.63) is 41.6 Å². The van der Waals surface area contributed by atoms with Crippen molar-refractivity contribution < 1.29 is 9.84 Å². The Bertz CT molecular complexity index is 695. The number of phenolic OH excluding ortho intramolecular Hbond substituents is 1. The number of rotatable bonds is 3. The van der Waals surface area contributed by atoms with Crippen molar-refractivity contribution in [1.29, 1.82) is 0 Å². The van der Waals surface area contributed by atoms with Crippen LogP contribution in [-0.2, 0) is 0 Å². The number of aromatic hydroxyl groups is 1. The lowest BCUT2D eigenvalue weighted by Gasteiger charge is -2.37. The summed E-state index contributed by atoms with van der Waals surface area (Å²) in [5, 5.41) is 9.64. The van der Waals surface area contributed by atoms with Gasteiger partial charge < -0.3 is 19.6 Å². The zero-order chi connectivity index (χ0) is 16.4. The number of nitrogens with zero attached hydrogens (tertiary/aromatic N) is 3. The van der Waals surface area contributed by atoms with Crippen molar-refractivity contribution in [2.75, 3.05) is 43.1 Å². The minimum atomic E-state index is 0.310. The number of aryl methyl sites for hydroxylation is 2. The maximum Gasteiger partial charge on any atom is 0.237 e. The fourth-order valence-electron chi connectivity index (χ4n) is 2.94. The number of aromatic nitrogens is 1. The average Bonchev–Trinajstić information content (AvgIpc) is 2.57. The third kappa shape index (κ3) is 3.18. The standard InChI is InChI=1S/C18H23N3O2/c1-13-11-17(18(23-3)19-14(13)2)21-9-7-20(8-10-21)15-5-4-6-16(22)12-15/h4-6,11-12,22H,7-10H2,1-3H3. The van der Waals surface area contributed by atoms with Crippen LogP contribution in [0, 0.1) is 13.8 Å². The molecule has 5 heteroatoms. The highest BCUT2D eigenvalue weighted by atomic mass is 16.5. The van der Waals surface area contributed by atoms with Gasteiger partial charge >= 0.3 is 0 Å². The van der Waals surface area contributed by atoms with Gasteiger partial charge in [0.15, 0.2) is 0 Å². The number of hydrogen-bond acceptors (Lipinski definition) is 5. The van der Waals surface area contributed by atoms with Crippen LogP contribution in [0.4, 0.5) is 11.4 Å².